The highest BCUT2D eigenvalue weighted by atomic mass is 16.5. The molecular weight excluding hydrogens is 266 g/mol. The van der Waals surface area contributed by atoms with E-state index in [-0.39, 0.29) is 6.04 Å². The van der Waals surface area contributed by atoms with Gasteiger partial charge in [-0.25, -0.2) is 0 Å². The second-order valence-electron chi connectivity index (χ2n) is 4.82. The topological polar surface area (TPSA) is 53.7 Å². The Morgan fingerprint density at radius 1 is 0.905 bits per heavy atom. The molecule has 2 rings (SSSR count). The van der Waals surface area contributed by atoms with Crippen LogP contribution in [0, 0.1) is 6.92 Å². The van der Waals surface area contributed by atoms with Crippen LogP contribution < -0.4 is 19.9 Å². The van der Waals surface area contributed by atoms with Crippen LogP contribution in [0.3, 0.4) is 0 Å². The summed E-state index contributed by atoms with van der Waals surface area (Å²) in [5, 5.41) is 0. The lowest BCUT2D eigenvalue weighted by atomic mass is 9.95. The molecule has 112 valence electrons. The molecule has 0 saturated heterocycles. The molecule has 0 amide bonds. The van der Waals surface area contributed by atoms with Gasteiger partial charge in [0.2, 0.25) is 0 Å². The molecule has 1 unspecified atom stereocenters. The normalized spacial score (nSPS) is 11.9. The molecule has 21 heavy (non-hydrogen) atoms. The number of aryl methyl sites for hydroxylation is 1. The summed E-state index contributed by atoms with van der Waals surface area (Å²) in [7, 11) is 4.89. The third-order valence-electron chi connectivity index (χ3n) is 3.56. The zero-order valence-corrected chi connectivity index (χ0v) is 12.8. The maximum absolute atomic E-state index is 6.40. The van der Waals surface area contributed by atoms with E-state index < -0.39 is 0 Å². The number of hydrogen-bond acceptors (Lipinski definition) is 4. The second-order valence-corrected chi connectivity index (χ2v) is 4.82. The van der Waals surface area contributed by atoms with E-state index in [2.05, 4.69) is 0 Å². The van der Waals surface area contributed by atoms with E-state index in [9.17, 15) is 0 Å². The molecule has 2 aromatic carbocycles. The van der Waals surface area contributed by atoms with Gasteiger partial charge in [0.15, 0.2) is 11.5 Å². The van der Waals surface area contributed by atoms with E-state index in [1.54, 1.807) is 21.3 Å². The van der Waals surface area contributed by atoms with Gasteiger partial charge in [0.25, 0.3) is 0 Å². The van der Waals surface area contributed by atoms with Crippen LogP contribution in [0.1, 0.15) is 22.7 Å². The molecule has 4 heteroatoms. The van der Waals surface area contributed by atoms with Crippen LogP contribution in [0.5, 0.6) is 17.2 Å². The largest absolute Gasteiger partial charge is 0.497 e. The lowest BCUT2D eigenvalue weighted by Gasteiger charge is -2.18. The molecule has 0 heterocycles. The van der Waals surface area contributed by atoms with Crippen molar-refractivity contribution in [2.45, 2.75) is 13.0 Å². The fourth-order valence-electron chi connectivity index (χ4n) is 2.35. The minimum absolute atomic E-state index is 0.250. The number of benzene rings is 2. The Balaban J connectivity index is 2.44. The Bertz CT molecular complexity index is 625. The standard InChI is InChI=1S/C17H21NO3/c1-11-8-15(20-3)16(21-4)10-14(11)17(18)12-6-5-7-13(9-12)19-2/h5-10,17H,18H2,1-4H3. The van der Waals surface area contributed by atoms with Crippen molar-refractivity contribution >= 4 is 0 Å². The van der Waals surface area contributed by atoms with Crippen LogP contribution in [0.15, 0.2) is 36.4 Å². The number of ether oxygens (including phenoxy) is 3. The third-order valence-corrected chi connectivity index (χ3v) is 3.56. The average Bonchev–Trinajstić information content (AvgIpc) is 2.53. The number of nitrogens with two attached hydrogens (primary N) is 1. The van der Waals surface area contributed by atoms with Crippen molar-refractivity contribution in [3.63, 3.8) is 0 Å². The van der Waals surface area contributed by atoms with Gasteiger partial charge in [-0.3, -0.25) is 0 Å². The lowest BCUT2D eigenvalue weighted by molar-refractivity contribution is 0.354. The molecule has 2 aromatic rings. The van der Waals surface area contributed by atoms with Gasteiger partial charge in [0.1, 0.15) is 5.75 Å². The smallest absolute Gasteiger partial charge is 0.161 e. The van der Waals surface area contributed by atoms with Gasteiger partial charge >= 0.3 is 0 Å². The van der Waals surface area contributed by atoms with Crippen molar-refractivity contribution in [1.29, 1.82) is 0 Å². The first-order chi connectivity index (χ1) is 10.1. The van der Waals surface area contributed by atoms with Gasteiger partial charge in [-0.05, 0) is 47.9 Å². The van der Waals surface area contributed by atoms with Crippen LogP contribution in [-0.2, 0) is 0 Å². The van der Waals surface area contributed by atoms with Gasteiger partial charge in [-0.2, -0.15) is 0 Å². The Morgan fingerprint density at radius 2 is 1.57 bits per heavy atom. The Hall–Kier alpha value is -2.20. The molecule has 0 fully saturated rings. The predicted octanol–water partition coefficient (Wildman–Crippen LogP) is 3.07. The van der Waals surface area contributed by atoms with Gasteiger partial charge in [-0.15, -0.1) is 0 Å². The summed E-state index contributed by atoms with van der Waals surface area (Å²) in [6, 6.07) is 11.4. The SMILES string of the molecule is COc1cccc(C(N)c2cc(OC)c(OC)cc2C)c1. The van der Waals surface area contributed by atoms with E-state index >= 15 is 0 Å². The maximum atomic E-state index is 6.40. The molecule has 0 aromatic heterocycles. The van der Waals surface area contributed by atoms with Crippen molar-refractivity contribution in [3.05, 3.63) is 53.1 Å². The molecule has 0 radical (unpaired) electrons. The maximum Gasteiger partial charge on any atom is 0.161 e. The molecule has 0 aliphatic rings. The van der Waals surface area contributed by atoms with Crippen molar-refractivity contribution in [3.8, 4) is 17.2 Å². The molecule has 0 aliphatic heterocycles. The molecule has 0 aliphatic carbocycles. The van der Waals surface area contributed by atoms with E-state index in [1.807, 2.05) is 43.3 Å². The molecule has 0 saturated carbocycles. The minimum Gasteiger partial charge on any atom is -0.497 e. The molecule has 4 nitrogen and oxygen atoms in total. The quantitative estimate of drug-likeness (QED) is 0.918. The Labute approximate surface area is 125 Å². The fourth-order valence-corrected chi connectivity index (χ4v) is 2.35. The van der Waals surface area contributed by atoms with Gasteiger partial charge < -0.3 is 19.9 Å². The lowest BCUT2D eigenvalue weighted by Crippen LogP contribution is -2.13. The summed E-state index contributed by atoms with van der Waals surface area (Å²) < 4.78 is 15.9. The third kappa shape index (κ3) is 3.11. The molecule has 1 atom stereocenters. The summed E-state index contributed by atoms with van der Waals surface area (Å²) in [6.07, 6.45) is 0. The van der Waals surface area contributed by atoms with Crippen LogP contribution in [0.25, 0.3) is 0 Å². The molecule has 2 N–H and O–H groups in total. The minimum atomic E-state index is -0.250. The highest BCUT2D eigenvalue weighted by Crippen LogP contribution is 2.34. The molecular formula is C17H21NO3. The zero-order chi connectivity index (χ0) is 15.4. The number of methoxy groups -OCH3 is 3. The summed E-state index contributed by atoms with van der Waals surface area (Å²) in [5.41, 5.74) is 9.45. The van der Waals surface area contributed by atoms with E-state index in [1.165, 1.54) is 0 Å². The summed E-state index contributed by atoms with van der Waals surface area (Å²) in [5.74, 6) is 2.18. The summed E-state index contributed by atoms with van der Waals surface area (Å²) in [4.78, 5) is 0. The summed E-state index contributed by atoms with van der Waals surface area (Å²) in [6.45, 7) is 2.01. The monoisotopic (exact) mass is 287 g/mol. The van der Waals surface area contributed by atoms with Crippen LogP contribution in [-0.4, -0.2) is 21.3 Å². The van der Waals surface area contributed by atoms with Gasteiger partial charge in [0.05, 0.1) is 27.4 Å². The van der Waals surface area contributed by atoms with Crippen molar-refractivity contribution in [1.82, 2.24) is 0 Å². The first kappa shape index (κ1) is 15.2. The van der Waals surface area contributed by atoms with Crippen molar-refractivity contribution < 1.29 is 14.2 Å². The predicted molar refractivity (Wildman–Crippen MR) is 83.3 cm³/mol. The van der Waals surface area contributed by atoms with Crippen LogP contribution in [0.4, 0.5) is 0 Å². The highest BCUT2D eigenvalue weighted by Gasteiger charge is 2.16. The van der Waals surface area contributed by atoms with E-state index in [4.69, 9.17) is 19.9 Å². The average molecular weight is 287 g/mol. The van der Waals surface area contributed by atoms with Gasteiger partial charge in [-0.1, -0.05) is 12.1 Å². The van der Waals surface area contributed by atoms with Crippen molar-refractivity contribution in [2.75, 3.05) is 21.3 Å². The van der Waals surface area contributed by atoms with Crippen LogP contribution >= 0.6 is 0 Å². The fraction of sp³-hybridized carbons (Fsp3) is 0.294. The first-order valence-corrected chi connectivity index (χ1v) is 6.72. The number of rotatable bonds is 5. The molecule has 0 bridgehead atoms. The van der Waals surface area contributed by atoms with Crippen molar-refractivity contribution in [2.24, 2.45) is 5.73 Å². The van der Waals surface area contributed by atoms with E-state index in [0.717, 1.165) is 22.4 Å². The van der Waals surface area contributed by atoms with Gasteiger partial charge in [0, 0.05) is 0 Å². The molecule has 0 spiro atoms. The summed E-state index contributed by atoms with van der Waals surface area (Å²) >= 11 is 0. The van der Waals surface area contributed by atoms with Crippen LogP contribution in [0.2, 0.25) is 0 Å². The first-order valence-electron chi connectivity index (χ1n) is 6.72. The highest BCUT2D eigenvalue weighted by molar-refractivity contribution is 5.50. The second kappa shape index (κ2) is 6.50. The Morgan fingerprint density at radius 3 is 2.19 bits per heavy atom. The number of hydrogen-bond donors (Lipinski definition) is 1. The van der Waals surface area contributed by atoms with E-state index in [0.29, 0.717) is 11.5 Å². The zero-order valence-electron chi connectivity index (χ0n) is 12.8. The Kier molecular flexibility index (Phi) is 4.70.